The van der Waals surface area contributed by atoms with Crippen LogP contribution in [-0.4, -0.2) is 38.7 Å². The summed E-state index contributed by atoms with van der Waals surface area (Å²) in [5, 5.41) is 7.17. The van der Waals surface area contributed by atoms with Gasteiger partial charge in [-0.1, -0.05) is 29.3 Å². The van der Waals surface area contributed by atoms with Crippen molar-refractivity contribution in [3.05, 3.63) is 68.6 Å². The van der Waals surface area contributed by atoms with Crippen LogP contribution in [0.5, 0.6) is 0 Å². The third-order valence-corrected chi connectivity index (χ3v) is 5.67. The first kappa shape index (κ1) is 20.4. The number of rotatable bonds is 5. The molecule has 0 aliphatic rings. The van der Waals surface area contributed by atoms with Gasteiger partial charge in [-0.05, 0) is 50.2 Å². The fraction of sp³-hybridized carbons (Fsp3) is 0.227. The highest BCUT2D eigenvalue weighted by Gasteiger charge is 2.21. The summed E-state index contributed by atoms with van der Waals surface area (Å²) >= 11 is 12.1. The third-order valence-electron chi connectivity index (χ3n) is 5.18. The lowest BCUT2D eigenvalue weighted by Gasteiger charge is -2.19. The van der Waals surface area contributed by atoms with Crippen molar-refractivity contribution in [1.82, 2.24) is 19.7 Å². The van der Waals surface area contributed by atoms with Crippen LogP contribution in [0.3, 0.4) is 0 Å². The van der Waals surface area contributed by atoms with Crippen molar-refractivity contribution >= 4 is 50.9 Å². The van der Waals surface area contributed by atoms with Gasteiger partial charge in [0.15, 0.2) is 0 Å². The van der Waals surface area contributed by atoms with Crippen molar-refractivity contribution in [2.24, 2.45) is 0 Å². The van der Waals surface area contributed by atoms with Gasteiger partial charge in [0.25, 0.3) is 5.56 Å². The number of hydrogen-bond acceptors (Lipinski definition) is 3. The monoisotopic (exact) mass is 442 g/mol. The van der Waals surface area contributed by atoms with E-state index >= 15 is 0 Å². The molecular weight excluding hydrogens is 423 g/mol. The van der Waals surface area contributed by atoms with E-state index in [2.05, 4.69) is 10.1 Å². The average molecular weight is 443 g/mol. The molecule has 0 unspecified atom stereocenters. The molecule has 4 rings (SSSR count). The Bertz CT molecular complexity index is 1300. The lowest BCUT2D eigenvalue weighted by Crippen LogP contribution is -2.33. The summed E-state index contributed by atoms with van der Waals surface area (Å²) in [6.45, 7) is 5.09. The summed E-state index contributed by atoms with van der Waals surface area (Å²) in [6.07, 6.45) is 0.0849. The van der Waals surface area contributed by atoms with Crippen LogP contribution in [0.15, 0.2) is 47.3 Å². The van der Waals surface area contributed by atoms with Gasteiger partial charge in [-0.2, -0.15) is 9.78 Å². The molecule has 0 spiro atoms. The van der Waals surface area contributed by atoms with Crippen molar-refractivity contribution in [3.8, 4) is 5.69 Å². The number of aromatic nitrogens is 3. The molecule has 0 fully saturated rings. The van der Waals surface area contributed by atoms with Crippen molar-refractivity contribution in [2.75, 3.05) is 13.1 Å². The summed E-state index contributed by atoms with van der Waals surface area (Å²) < 4.78 is 1.31. The summed E-state index contributed by atoms with van der Waals surface area (Å²) in [7, 11) is 0. The maximum Gasteiger partial charge on any atom is 0.295 e. The zero-order chi connectivity index (χ0) is 21.4. The Morgan fingerprint density at radius 3 is 2.40 bits per heavy atom. The number of hydrogen-bond donors (Lipinski definition) is 1. The van der Waals surface area contributed by atoms with E-state index in [1.807, 2.05) is 19.9 Å². The molecule has 0 bridgehead atoms. The zero-order valence-electron chi connectivity index (χ0n) is 16.6. The second kappa shape index (κ2) is 8.13. The second-order valence-corrected chi connectivity index (χ2v) is 7.82. The number of nitrogens with zero attached hydrogens (tertiary/aromatic N) is 3. The molecule has 0 atom stereocenters. The van der Waals surface area contributed by atoms with E-state index in [9.17, 15) is 9.59 Å². The molecule has 2 aromatic carbocycles. The molecule has 2 heterocycles. The summed E-state index contributed by atoms with van der Waals surface area (Å²) in [4.78, 5) is 31.0. The molecule has 0 saturated carbocycles. The fourth-order valence-electron chi connectivity index (χ4n) is 3.66. The Kier molecular flexibility index (Phi) is 5.54. The van der Waals surface area contributed by atoms with Crippen LogP contribution in [0.1, 0.15) is 19.5 Å². The van der Waals surface area contributed by atoms with Crippen LogP contribution >= 0.6 is 23.2 Å². The molecule has 154 valence electrons. The van der Waals surface area contributed by atoms with Crippen LogP contribution < -0.4 is 5.56 Å². The van der Waals surface area contributed by atoms with Crippen LogP contribution in [-0.2, 0) is 11.2 Å². The molecule has 6 nitrogen and oxygen atoms in total. The smallest absolute Gasteiger partial charge is 0.295 e. The molecular formula is C22H20Cl2N4O2. The number of benzene rings is 2. The molecule has 30 heavy (non-hydrogen) atoms. The Morgan fingerprint density at radius 1 is 1.07 bits per heavy atom. The van der Waals surface area contributed by atoms with Crippen LogP contribution in [0, 0.1) is 0 Å². The Balaban J connectivity index is 1.99. The number of carbonyl (C=O) groups excluding carboxylic acids is 1. The van der Waals surface area contributed by atoms with Gasteiger partial charge < -0.3 is 9.88 Å². The number of amides is 1. The molecule has 1 N–H and O–H groups in total. The molecule has 0 radical (unpaired) electrons. The van der Waals surface area contributed by atoms with Gasteiger partial charge in [0.2, 0.25) is 5.91 Å². The van der Waals surface area contributed by atoms with E-state index in [1.54, 1.807) is 41.3 Å². The van der Waals surface area contributed by atoms with Crippen molar-refractivity contribution in [3.63, 3.8) is 0 Å². The van der Waals surface area contributed by atoms with E-state index in [1.165, 1.54) is 4.68 Å². The normalized spacial score (nSPS) is 11.3. The number of H-pyrrole nitrogens is 1. The minimum atomic E-state index is -0.307. The predicted octanol–water partition coefficient (Wildman–Crippen LogP) is 4.58. The third kappa shape index (κ3) is 3.57. The summed E-state index contributed by atoms with van der Waals surface area (Å²) in [6, 6.07) is 12.2. The van der Waals surface area contributed by atoms with Crippen molar-refractivity contribution in [2.45, 2.75) is 20.3 Å². The quantitative estimate of drug-likeness (QED) is 0.491. The zero-order valence-corrected chi connectivity index (χ0v) is 18.1. The Morgan fingerprint density at radius 2 is 1.73 bits per heavy atom. The lowest BCUT2D eigenvalue weighted by atomic mass is 10.1. The molecule has 1 amide bonds. The first-order valence-corrected chi connectivity index (χ1v) is 10.4. The van der Waals surface area contributed by atoms with E-state index in [0.717, 1.165) is 10.9 Å². The molecule has 4 aromatic rings. The SMILES string of the molecule is CCN(CC)C(=O)Cc1nn(-c2ccc(Cl)cc2)c(=O)c2[nH]c3cc(Cl)ccc3c12. The number of nitrogens with one attached hydrogen (secondary N) is 1. The van der Waals surface area contributed by atoms with E-state index < -0.39 is 0 Å². The Hall–Kier alpha value is -2.83. The largest absolute Gasteiger partial charge is 0.350 e. The summed E-state index contributed by atoms with van der Waals surface area (Å²) in [5.74, 6) is -0.0431. The van der Waals surface area contributed by atoms with E-state index in [4.69, 9.17) is 23.2 Å². The molecule has 0 saturated heterocycles. The number of fused-ring (bicyclic) bond motifs is 3. The standard InChI is InChI=1S/C22H20Cl2N4O2/c1-3-27(4-2)19(29)12-18-20-16-10-7-14(24)11-17(16)25-21(20)22(30)28(26-18)15-8-5-13(23)6-9-15/h5-11,25H,3-4,12H2,1-2H3. The minimum Gasteiger partial charge on any atom is -0.350 e. The average Bonchev–Trinajstić information content (AvgIpc) is 3.11. The van der Waals surface area contributed by atoms with Crippen LogP contribution in [0.25, 0.3) is 27.5 Å². The maximum absolute atomic E-state index is 13.3. The van der Waals surface area contributed by atoms with Gasteiger partial charge in [0.05, 0.1) is 17.8 Å². The maximum atomic E-state index is 13.3. The minimum absolute atomic E-state index is 0.0431. The van der Waals surface area contributed by atoms with Gasteiger partial charge in [-0.15, -0.1) is 0 Å². The lowest BCUT2D eigenvalue weighted by molar-refractivity contribution is -0.130. The number of likely N-dealkylation sites (N-methyl/N-ethyl adjacent to an activating group) is 1. The summed E-state index contributed by atoms with van der Waals surface area (Å²) in [5.41, 5.74) is 1.91. The number of aromatic amines is 1. The van der Waals surface area contributed by atoms with Crippen molar-refractivity contribution < 1.29 is 4.79 Å². The van der Waals surface area contributed by atoms with Gasteiger partial charge in [-0.3, -0.25) is 9.59 Å². The topological polar surface area (TPSA) is 71.0 Å². The van der Waals surface area contributed by atoms with E-state index in [0.29, 0.717) is 45.4 Å². The second-order valence-electron chi connectivity index (χ2n) is 6.95. The molecule has 0 aliphatic carbocycles. The van der Waals surface area contributed by atoms with Gasteiger partial charge >= 0.3 is 0 Å². The van der Waals surface area contributed by atoms with Gasteiger partial charge in [-0.25, -0.2) is 0 Å². The van der Waals surface area contributed by atoms with Crippen molar-refractivity contribution in [1.29, 1.82) is 0 Å². The molecule has 8 heteroatoms. The molecule has 0 aliphatic heterocycles. The highest BCUT2D eigenvalue weighted by atomic mass is 35.5. The highest BCUT2D eigenvalue weighted by Crippen LogP contribution is 2.28. The van der Waals surface area contributed by atoms with Gasteiger partial charge in [0.1, 0.15) is 5.52 Å². The number of carbonyl (C=O) groups is 1. The first-order valence-electron chi connectivity index (χ1n) is 9.69. The van der Waals surface area contributed by atoms with Crippen LogP contribution in [0.2, 0.25) is 10.0 Å². The number of halogens is 2. The first-order chi connectivity index (χ1) is 14.4. The predicted molar refractivity (Wildman–Crippen MR) is 121 cm³/mol. The van der Waals surface area contributed by atoms with Gasteiger partial charge in [0, 0.05) is 39.4 Å². The Labute approximate surface area is 183 Å². The van der Waals surface area contributed by atoms with Crippen LogP contribution in [0.4, 0.5) is 0 Å². The molecule has 2 aromatic heterocycles. The van der Waals surface area contributed by atoms with E-state index in [-0.39, 0.29) is 17.9 Å². The fourth-order valence-corrected chi connectivity index (χ4v) is 3.96. The highest BCUT2D eigenvalue weighted by molar-refractivity contribution is 6.31.